The summed E-state index contributed by atoms with van der Waals surface area (Å²) in [5.41, 5.74) is 0. The second-order valence-corrected chi connectivity index (χ2v) is 6.40. The van der Waals surface area contributed by atoms with Crippen LogP contribution in [0, 0.1) is 17.8 Å². The van der Waals surface area contributed by atoms with Gasteiger partial charge in [0.15, 0.2) is 0 Å². The third-order valence-corrected chi connectivity index (χ3v) is 5.16. The van der Waals surface area contributed by atoms with Crippen molar-refractivity contribution < 1.29 is 9.53 Å². The molecule has 0 spiro atoms. The zero-order valence-electron chi connectivity index (χ0n) is 12.2. The molecule has 1 amide bonds. The zero-order valence-corrected chi connectivity index (χ0v) is 13.0. The number of fused-ring (bicyclic) bond motifs is 1. The van der Waals surface area contributed by atoms with Crippen molar-refractivity contribution in [3.05, 3.63) is 0 Å². The molecule has 0 saturated carbocycles. The summed E-state index contributed by atoms with van der Waals surface area (Å²) < 4.78 is 5.37. The molecule has 3 aliphatic rings. The average molecular weight is 303 g/mol. The van der Waals surface area contributed by atoms with Crippen LogP contribution in [-0.4, -0.2) is 50.2 Å². The van der Waals surface area contributed by atoms with Crippen molar-refractivity contribution in [1.82, 2.24) is 10.2 Å². The third-order valence-electron chi connectivity index (χ3n) is 5.16. The number of carbonyl (C=O) groups excluding carboxylic acids is 1. The van der Waals surface area contributed by atoms with Gasteiger partial charge in [0.1, 0.15) is 0 Å². The molecule has 0 radical (unpaired) electrons. The Morgan fingerprint density at radius 1 is 1.15 bits per heavy atom. The van der Waals surface area contributed by atoms with E-state index in [-0.39, 0.29) is 12.4 Å². The van der Waals surface area contributed by atoms with Crippen LogP contribution >= 0.6 is 12.4 Å². The zero-order chi connectivity index (χ0) is 13.1. The fourth-order valence-corrected chi connectivity index (χ4v) is 3.76. The molecule has 1 unspecified atom stereocenters. The first kappa shape index (κ1) is 16.1. The lowest BCUT2D eigenvalue weighted by molar-refractivity contribution is -0.131. The van der Waals surface area contributed by atoms with Gasteiger partial charge in [-0.3, -0.25) is 4.79 Å². The van der Waals surface area contributed by atoms with E-state index in [0.717, 1.165) is 70.5 Å². The van der Waals surface area contributed by atoms with Crippen LogP contribution in [0.15, 0.2) is 0 Å². The van der Waals surface area contributed by atoms with E-state index in [4.69, 9.17) is 4.74 Å². The number of hydrogen-bond acceptors (Lipinski definition) is 3. The molecule has 3 fully saturated rings. The highest BCUT2D eigenvalue weighted by atomic mass is 35.5. The first-order chi connectivity index (χ1) is 9.33. The largest absolute Gasteiger partial charge is 0.381 e. The van der Waals surface area contributed by atoms with E-state index in [2.05, 4.69) is 10.2 Å². The molecule has 0 bridgehead atoms. The molecule has 0 aliphatic carbocycles. The summed E-state index contributed by atoms with van der Waals surface area (Å²) >= 11 is 0. The standard InChI is InChI=1S/C15H26N2O2.ClH/c18-15(2-1-12-5-8-19-11-12)17-6-3-13-9-16-10-14(13)4-7-17;/h12-14,16H,1-11H2;1H/t12?,13-,14+;. The van der Waals surface area contributed by atoms with Gasteiger partial charge in [-0.1, -0.05) is 0 Å². The van der Waals surface area contributed by atoms with Gasteiger partial charge in [0.05, 0.1) is 0 Å². The number of likely N-dealkylation sites (tertiary alicyclic amines) is 1. The Kier molecular flexibility index (Phi) is 6.12. The summed E-state index contributed by atoms with van der Waals surface area (Å²) in [5, 5.41) is 3.48. The Hall–Kier alpha value is -0.320. The number of nitrogens with zero attached hydrogens (tertiary/aromatic N) is 1. The van der Waals surface area contributed by atoms with Crippen molar-refractivity contribution in [3.8, 4) is 0 Å². The van der Waals surface area contributed by atoms with Crippen LogP contribution in [-0.2, 0) is 9.53 Å². The van der Waals surface area contributed by atoms with Crippen molar-refractivity contribution in [2.75, 3.05) is 39.4 Å². The number of amides is 1. The van der Waals surface area contributed by atoms with Crippen LogP contribution in [0.5, 0.6) is 0 Å². The van der Waals surface area contributed by atoms with E-state index in [1.165, 1.54) is 12.8 Å². The fraction of sp³-hybridized carbons (Fsp3) is 0.933. The van der Waals surface area contributed by atoms with Crippen molar-refractivity contribution in [2.24, 2.45) is 17.8 Å². The Labute approximate surface area is 128 Å². The van der Waals surface area contributed by atoms with Gasteiger partial charge in [-0.05, 0) is 56.5 Å². The molecule has 116 valence electrons. The Morgan fingerprint density at radius 2 is 1.85 bits per heavy atom. The minimum atomic E-state index is 0. The Balaban J connectivity index is 0.00000147. The summed E-state index contributed by atoms with van der Waals surface area (Å²) in [6.45, 7) is 6.02. The predicted molar refractivity (Wildman–Crippen MR) is 81.1 cm³/mol. The SMILES string of the molecule is Cl.O=C(CCC1CCOC1)N1CC[C@@H]2CNC[C@@H]2CC1. The van der Waals surface area contributed by atoms with Crippen molar-refractivity contribution in [2.45, 2.75) is 32.1 Å². The molecular formula is C15H27ClN2O2. The van der Waals surface area contributed by atoms with Crippen molar-refractivity contribution in [3.63, 3.8) is 0 Å². The maximum atomic E-state index is 12.3. The minimum Gasteiger partial charge on any atom is -0.381 e. The number of carbonyl (C=O) groups is 1. The summed E-state index contributed by atoms with van der Waals surface area (Å²) in [6.07, 6.45) is 5.26. The van der Waals surface area contributed by atoms with Gasteiger partial charge in [0.2, 0.25) is 5.91 Å². The van der Waals surface area contributed by atoms with E-state index in [1.54, 1.807) is 0 Å². The van der Waals surface area contributed by atoms with Crippen LogP contribution in [0.1, 0.15) is 32.1 Å². The lowest BCUT2D eigenvalue weighted by Gasteiger charge is -2.21. The van der Waals surface area contributed by atoms with E-state index in [0.29, 0.717) is 11.8 Å². The number of hydrogen-bond donors (Lipinski definition) is 1. The topological polar surface area (TPSA) is 41.6 Å². The molecule has 20 heavy (non-hydrogen) atoms. The molecule has 4 nitrogen and oxygen atoms in total. The Morgan fingerprint density at radius 3 is 2.45 bits per heavy atom. The monoisotopic (exact) mass is 302 g/mol. The molecule has 3 saturated heterocycles. The molecule has 0 aromatic rings. The maximum absolute atomic E-state index is 12.3. The smallest absolute Gasteiger partial charge is 0.222 e. The Bertz CT molecular complexity index is 307. The lowest BCUT2D eigenvalue weighted by Crippen LogP contribution is -2.32. The molecule has 0 aromatic heterocycles. The molecule has 3 rings (SSSR count). The highest BCUT2D eigenvalue weighted by molar-refractivity contribution is 5.85. The van der Waals surface area contributed by atoms with Gasteiger partial charge < -0.3 is 15.0 Å². The van der Waals surface area contributed by atoms with Crippen LogP contribution in [0.3, 0.4) is 0 Å². The fourth-order valence-electron chi connectivity index (χ4n) is 3.76. The van der Waals surface area contributed by atoms with Gasteiger partial charge in [-0.15, -0.1) is 12.4 Å². The molecule has 3 heterocycles. The van der Waals surface area contributed by atoms with Gasteiger partial charge in [-0.2, -0.15) is 0 Å². The van der Waals surface area contributed by atoms with Gasteiger partial charge in [-0.25, -0.2) is 0 Å². The van der Waals surface area contributed by atoms with E-state index >= 15 is 0 Å². The molecule has 3 aliphatic heterocycles. The molecule has 0 aromatic carbocycles. The lowest BCUT2D eigenvalue weighted by atomic mass is 9.92. The van der Waals surface area contributed by atoms with E-state index in [1.807, 2.05) is 0 Å². The van der Waals surface area contributed by atoms with Crippen LogP contribution in [0.25, 0.3) is 0 Å². The van der Waals surface area contributed by atoms with Crippen molar-refractivity contribution >= 4 is 18.3 Å². The number of nitrogens with one attached hydrogen (secondary N) is 1. The number of ether oxygens (including phenoxy) is 1. The first-order valence-corrected chi connectivity index (χ1v) is 7.89. The molecule has 1 N–H and O–H groups in total. The van der Waals surface area contributed by atoms with E-state index in [9.17, 15) is 4.79 Å². The number of halogens is 1. The first-order valence-electron chi connectivity index (χ1n) is 7.89. The van der Waals surface area contributed by atoms with Crippen LogP contribution in [0.4, 0.5) is 0 Å². The highest BCUT2D eigenvalue weighted by Gasteiger charge is 2.31. The third kappa shape index (κ3) is 3.86. The maximum Gasteiger partial charge on any atom is 0.222 e. The number of rotatable bonds is 3. The van der Waals surface area contributed by atoms with Crippen LogP contribution in [0.2, 0.25) is 0 Å². The predicted octanol–water partition coefficient (Wildman–Crippen LogP) is 1.68. The summed E-state index contributed by atoms with van der Waals surface area (Å²) in [6, 6.07) is 0. The van der Waals surface area contributed by atoms with Crippen LogP contribution < -0.4 is 5.32 Å². The summed E-state index contributed by atoms with van der Waals surface area (Å²) in [7, 11) is 0. The van der Waals surface area contributed by atoms with E-state index < -0.39 is 0 Å². The average Bonchev–Trinajstić information content (AvgIpc) is 3.05. The molecular weight excluding hydrogens is 276 g/mol. The van der Waals surface area contributed by atoms with Crippen molar-refractivity contribution in [1.29, 1.82) is 0 Å². The van der Waals surface area contributed by atoms with Gasteiger partial charge in [0, 0.05) is 32.7 Å². The quantitative estimate of drug-likeness (QED) is 0.862. The molecule has 5 heteroatoms. The second-order valence-electron chi connectivity index (χ2n) is 6.40. The highest BCUT2D eigenvalue weighted by Crippen LogP contribution is 2.27. The summed E-state index contributed by atoms with van der Waals surface area (Å²) in [5.74, 6) is 2.61. The molecule has 3 atom stereocenters. The van der Waals surface area contributed by atoms with Gasteiger partial charge in [0.25, 0.3) is 0 Å². The minimum absolute atomic E-state index is 0. The normalized spacial score (nSPS) is 33.4. The van der Waals surface area contributed by atoms with Gasteiger partial charge >= 0.3 is 0 Å². The second kappa shape index (κ2) is 7.62. The summed E-state index contributed by atoms with van der Waals surface area (Å²) in [4.78, 5) is 14.4.